The number of ether oxygens (including phenoxy) is 2. The van der Waals surface area contributed by atoms with E-state index in [4.69, 9.17) is 9.47 Å². The van der Waals surface area contributed by atoms with Gasteiger partial charge in [0.1, 0.15) is 6.54 Å². The number of nitrogens with zero attached hydrogens (tertiary/aromatic N) is 2. The van der Waals surface area contributed by atoms with Crippen molar-refractivity contribution in [3.63, 3.8) is 0 Å². The van der Waals surface area contributed by atoms with E-state index < -0.39 is 18.0 Å². The summed E-state index contributed by atoms with van der Waals surface area (Å²) in [6.07, 6.45) is 0.760. The maximum atomic E-state index is 12.2. The van der Waals surface area contributed by atoms with Crippen molar-refractivity contribution in [2.24, 2.45) is 0 Å². The highest BCUT2D eigenvalue weighted by Gasteiger charge is 2.30. The van der Waals surface area contributed by atoms with Crippen LogP contribution in [0.5, 0.6) is 0 Å². The summed E-state index contributed by atoms with van der Waals surface area (Å²) in [5, 5.41) is 0.424. The van der Waals surface area contributed by atoms with Crippen molar-refractivity contribution in [2.45, 2.75) is 19.1 Å². The molecule has 21 heavy (non-hydrogen) atoms. The summed E-state index contributed by atoms with van der Waals surface area (Å²) in [6.45, 7) is -0.0469. The third kappa shape index (κ3) is 2.62. The Morgan fingerprint density at radius 2 is 2.19 bits per heavy atom. The van der Waals surface area contributed by atoms with Crippen molar-refractivity contribution in [3.05, 3.63) is 40.9 Å². The Labute approximate surface area is 119 Å². The van der Waals surface area contributed by atoms with Crippen molar-refractivity contribution >= 4 is 22.8 Å². The molecule has 3 rings (SSSR count). The Morgan fingerprint density at radius 3 is 2.95 bits per heavy atom. The number of cyclic esters (lactones) is 1. The topological polar surface area (TPSA) is 87.5 Å². The Morgan fingerprint density at radius 1 is 1.38 bits per heavy atom. The predicted octanol–water partition coefficient (Wildman–Crippen LogP) is 0.255. The molecule has 2 aromatic rings. The van der Waals surface area contributed by atoms with Crippen LogP contribution in [0.4, 0.5) is 0 Å². The van der Waals surface area contributed by atoms with Gasteiger partial charge in [-0.2, -0.15) is 0 Å². The summed E-state index contributed by atoms with van der Waals surface area (Å²) in [7, 11) is 0. The van der Waals surface area contributed by atoms with E-state index in [1.165, 1.54) is 6.33 Å². The highest BCUT2D eigenvalue weighted by Crippen LogP contribution is 2.11. The molecule has 1 aromatic carbocycles. The third-order valence-corrected chi connectivity index (χ3v) is 3.19. The number of fused-ring (bicyclic) bond motifs is 1. The Balaban J connectivity index is 1.78. The lowest BCUT2D eigenvalue weighted by Gasteiger charge is -2.09. The molecule has 2 heterocycles. The standard InChI is InChI=1S/C14H12N2O5/c17-12(21-11-5-6-20-14(11)19)7-16-8-15-10-4-2-1-3-9(10)13(16)18/h1-4,8,11H,5-7H2/t11-/m1/s1. The number of rotatable bonds is 3. The van der Waals surface area contributed by atoms with Gasteiger partial charge in [0.15, 0.2) is 0 Å². The van der Waals surface area contributed by atoms with Crippen molar-refractivity contribution in [2.75, 3.05) is 6.61 Å². The fourth-order valence-electron chi connectivity index (χ4n) is 2.14. The molecule has 7 heteroatoms. The summed E-state index contributed by atoms with van der Waals surface area (Å²) in [6, 6.07) is 6.86. The van der Waals surface area contributed by atoms with Gasteiger partial charge in [0.25, 0.3) is 5.56 Å². The average Bonchev–Trinajstić information content (AvgIpc) is 2.87. The maximum Gasteiger partial charge on any atom is 0.347 e. The van der Waals surface area contributed by atoms with Crippen molar-refractivity contribution in [3.8, 4) is 0 Å². The van der Waals surface area contributed by atoms with E-state index >= 15 is 0 Å². The van der Waals surface area contributed by atoms with Gasteiger partial charge in [0.2, 0.25) is 6.10 Å². The van der Waals surface area contributed by atoms with Crippen LogP contribution in [0, 0.1) is 0 Å². The number of para-hydroxylation sites is 1. The SMILES string of the molecule is O=C(Cn1cnc2ccccc2c1=O)O[C@@H]1CCOC1=O. The fourth-order valence-corrected chi connectivity index (χ4v) is 2.14. The molecular weight excluding hydrogens is 276 g/mol. The van der Waals surface area contributed by atoms with Gasteiger partial charge in [-0.15, -0.1) is 0 Å². The molecule has 1 aromatic heterocycles. The molecule has 1 saturated heterocycles. The fraction of sp³-hybridized carbons (Fsp3) is 0.286. The monoisotopic (exact) mass is 288 g/mol. The number of carbonyl (C=O) groups excluding carboxylic acids is 2. The number of hydrogen-bond acceptors (Lipinski definition) is 6. The lowest BCUT2D eigenvalue weighted by Crippen LogP contribution is -2.29. The van der Waals surface area contributed by atoms with Crippen LogP contribution in [0.1, 0.15) is 6.42 Å². The second kappa shape index (κ2) is 5.35. The number of esters is 2. The average molecular weight is 288 g/mol. The molecule has 0 spiro atoms. The van der Waals surface area contributed by atoms with E-state index in [2.05, 4.69) is 4.98 Å². The third-order valence-electron chi connectivity index (χ3n) is 3.19. The first kappa shape index (κ1) is 13.3. The summed E-state index contributed by atoms with van der Waals surface area (Å²) < 4.78 is 10.9. The van der Waals surface area contributed by atoms with E-state index in [-0.39, 0.29) is 18.7 Å². The molecule has 0 amide bonds. The van der Waals surface area contributed by atoms with Gasteiger partial charge in [-0.1, -0.05) is 12.1 Å². The van der Waals surface area contributed by atoms with Crippen molar-refractivity contribution in [1.82, 2.24) is 9.55 Å². The largest absolute Gasteiger partial charge is 0.463 e. The molecule has 108 valence electrons. The molecule has 0 N–H and O–H groups in total. The first-order valence-electron chi connectivity index (χ1n) is 6.45. The zero-order valence-corrected chi connectivity index (χ0v) is 11.0. The maximum absolute atomic E-state index is 12.2. The number of carbonyl (C=O) groups is 2. The van der Waals surface area contributed by atoms with E-state index in [1.807, 2.05) is 0 Å². The van der Waals surface area contributed by atoms with Crippen LogP contribution >= 0.6 is 0 Å². The molecule has 0 radical (unpaired) electrons. The zero-order valence-electron chi connectivity index (χ0n) is 11.0. The predicted molar refractivity (Wildman–Crippen MR) is 71.5 cm³/mol. The van der Waals surface area contributed by atoms with Gasteiger partial charge in [0, 0.05) is 6.42 Å². The normalized spacial score (nSPS) is 17.7. The summed E-state index contributed by atoms with van der Waals surface area (Å²) in [5.41, 5.74) is 0.234. The van der Waals surface area contributed by atoms with Gasteiger partial charge in [0.05, 0.1) is 23.8 Å². The van der Waals surface area contributed by atoms with E-state index in [9.17, 15) is 14.4 Å². The number of hydrogen-bond donors (Lipinski definition) is 0. The van der Waals surface area contributed by atoms with Crippen LogP contribution in [-0.2, 0) is 25.6 Å². The second-order valence-corrected chi connectivity index (χ2v) is 4.63. The van der Waals surface area contributed by atoms with Crippen molar-refractivity contribution in [1.29, 1.82) is 0 Å². The number of benzene rings is 1. The molecule has 1 atom stereocenters. The van der Waals surface area contributed by atoms with E-state index in [0.717, 1.165) is 4.57 Å². The molecule has 0 unspecified atom stereocenters. The zero-order chi connectivity index (χ0) is 14.8. The molecule has 0 saturated carbocycles. The van der Waals surface area contributed by atoms with E-state index in [1.54, 1.807) is 24.3 Å². The first-order chi connectivity index (χ1) is 10.1. The van der Waals surface area contributed by atoms with Crippen LogP contribution in [0.3, 0.4) is 0 Å². The minimum absolute atomic E-state index is 0.244. The van der Waals surface area contributed by atoms with Gasteiger partial charge >= 0.3 is 11.9 Å². The van der Waals surface area contributed by atoms with Crippen LogP contribution in [-0.4, -0.2) is 34.2 Å². The first-order valence-corrected chi connectivity index (χ1v) is 6.45. The Kier molecular flexibility index (Phi) is 3.39. The molecule has 0 bridgehead atoms. The van der Waals surface area contributed by atoms with Gasteiger partial charge < -0.3 is 9.47 Å². The van der Waals surface area contributed by atoms with Gasteiger partial charge in [-0.3, -0.25) is 14.2 Å². The quantitative estimate of drug-likeness (QED) is 0.753. The van der Waals surface area contributed by atoms with Crippen LogP contribution < -0.4 is 5.56 Å². The minimum Gasteiger partial charge on any atom is -0.463 e. The molecule has 0 aliphatic carbocycles. The Bertz CT molecular complexity index is 767. The van der Waals surface area contributed by atoms with Gasteiger partial charge in [-0.25, -0.2) is 9.78 Å². The molecule has 1 aliphatic heterocycles. The molecule has 1 aliphatic rings. The van der Waals surface area contributed by atoms with E-state index in [0.29, 0.717) is 17.3 Å². The molecule has 7 nitrogen and oxygen atoms in total. The smallest absolute Gasteiger partial charge is 0.347 e. The van der Waals surface area contributed by atoms with Crippen LogP contribution in [0.2, 0.25) is 0 Å². The second-order valence-electron chi connectivity index (χ2n) is 4.63. The van der Waals surface area contributed by atoms with Crippen LogP contribution in [0.15, 0.2) is 35.4 Å². The molecule has 1 fully saturated rings. The summed E-state index contributed by atoms with van der Waals surface area (Å²) in [4.78, 5) is 39.3. The highest BCUT2D eigenvalue weighted by molar-refractivity contribution is 5.81. The van der Waals surface area contributed by atoms with Crippen molar-refractivity contribution < 1.29 is 19.1 Å². The van der Waals surface area contributed by atoms with Crippen LogP contribution in [0.25, 0.3) is 10.9 Å². The molecular formula is C14H12N2O5. The lowest BCUT2D eigenvalue weighted by molar-refractivity contribution is -0.160. The Hall–Kier alpha value is -2.70. The summed E-state index contributed by atoms with van der Waals surface area (Å²) >= 11 is 0. The van der Waals surface area contributed by atoms with Gasteiger partial charge in [-0.05, 0) is 12.1 Å². The lowest BCUT2D eigenvalue weighted by atomic mass is 10.2. The number of aromatic nitrogens is 2. The highest BCUT2D eigenvalue weighted by atomic mass is 16.6. The minimum atomic E-state index is -0.874. The summed E-state index contributed by atoms with van der Waals surface area (Å²) in [5.74, 6) is -1.22.